The van der Waals surface area contributed by atoms with E-state index in [9.17, 15) is 9.18 Å². The Morgan fingerprint density at radius 3 is 2.75 bits per heavy atom. The van der Waals surface area contributed by atoms with E-state index in [2.05, 4.69) is 20.9 Å². The molecule has 3 N–H and O–H groups in total. The van der Waals surface area contributed by atoms with Gasteiger partial charge in [0.25, 0.3) is 5.91 Å². The van der Waals surface area contributed by atoms with Gasteiger partial charge in [-0.3, -0.25) is 10.2 Å². The van der Waals surface area contributed by atoms with E-state index in [4.69, 9.17) is 25.1 Å². The summed E-state index contributed by atoms with van der Waals surface area (Å²) in [6, 6.07) is 20.4. The average molecular weight is 547 g/mol. The van der Waals surface area contributed by atoms with Crippen LogP contribution in [-0.4, -0.2) is 48.3 Å². The monoisotopic (exact) mass is 546 g/mol. The molecule has 1 heterocycles. The first-order valence-electron chi connectivity index (χ1n) is 13.0. The molecule has 0 fully saturated rings. The molecule has 0 radical (unpaired) electrons. The maximum Gasteiger partial charge on any atom is 0.266 e. The second-order valence-corrected chi connectivity index (χ2v) is 9.31. The standard InChI is InChI=1S/C29H31FN6O4/c1-20-29(19-23-7-2-3-9-26(23)34-36-31,28(38)35-32-15-14-21-6-4-8-24(30)18-21)33-27(40-20)22-10-12-25(13-11-22)39-17-5-16-37/h2-4,6-13,18,20,32,37H,5,14-17,19H2,1H3,(H,35,38)/t20-,29-/m0/s1. The Kier molecular flexibility index (Phi) is 9.69. The average Bonchev–Trinajstić information content (AvgIpc) is 3.29. The fourth-order valence-corrected chi connectivity index (χ4v) is 4.39. The van der Waals surface area contributed by atoms with E-state index in [0.29, 0.717) is 54.5 Å². The Labute approximate surface area is 231 Å². The van der Waals surface area contributed by atoms with Gasteiger partial charge in [0.15, 0.2) is 5.54 Å². The summed E-state index contributed by atoms with van der Waals surface area (Å²) in [6.45, 7) is 2.58. The predicted molar refractivity (Wildman–Crippen MR) is 149 cm³/mol. The molecule has 0 saturated heterocycles. The van der Waals surface area contributed by atoms with Gasteiger partial charge in [0.2, 0.25) is 5.90 Å². The molecule has 0 saturated carbocycles. The van der Waals surface area contributed by atoms with E-state index >= 15 is 0 Å². The van der Waals surface area contributed by atoms with Gasteiger partial charge in [-0.1, -0.05) is 41.5 Å². The molecular weight excluding hydrogens is 515 g/mol. The van der Waals surface area contributed by atoms with Gasteiger partial charge in [-0.05, 0) is 66.4 Å². The molecule has 1 aliphatic rings. The van der Waals surface area contributed by atoms with Crippen molar-refractivity contribution < 1.29 is 23.8 Å². The van der Waals surface area contributed by atoms with Crippen LogP contribution >= 0.6 is 0 Å². The van der Waals surface area contributed by atoms with E-state index in [0.717, 1.165) is 5.56 Å². The Morgan fingerprint density at radius 2 is 2.00 bits per heavy atom. The zero-order valence-electron chi connectivity index (χ0n) is 22.1. The third kappa shape index (κ3) is 6.95. The van der Waals surface area contributed by atoms with Crippen molar-refractivity contribution in [1.82, 2.24) is 10.9 Å². The molecule has 208 valence electrons. The summed E-state index contributed by atoms with van der Waals surface area (Å²) >= 11 is 0. The number of nitrogens with one attached hydrogen (secondary N) is 2. The van der Waals surface area contributed by atoms with Crippen LogP contribution in [0.5, 0.6) is 5.75 Å². The Bertz CT molecular complexity index is 1390. The summed E-state index contributed by atoms with van der Waals surface area (Å²) < 4.78 is 25.2. The molecule has 1 amide bonds. The molecular formula is C29H31FN6O4. The molecule has 0 unspecified atom stereocenters. The molecule has 3 aromatic carbocycles. The van der Waals surface area contributed by atoms with Crippen molar-refractivity contribution in [3.8, 4) is 5.75 Å². The number of amides is 1. The Morgan fingerprint density at radius 1 is 1.20 bits per heavy atom. The summed E-state index contributed by atoms with van der Waals surface area (Å²) in [5, 5.41) is 12.7. The highest BCUT2D eigenvalue weighted by molar-refractivity contribution is 6.00. The molecule has 2 atom stereocenters. The zero-order chi connectivity index (χ0) is 28.4. The highest BCUT2D eigenvalue weighted by Gasteiger charge is 2.50. The fourth-order valence-electron chi connectivity index (χ4n) is 4.39. The number of hydrazine groups is 1. The number of nitrogens with zero attached hydrogens (tertiary/aromatic N) is 4. The van der Waals surface area contributed by atoms with Crippen molar-refractivity contribution in [2.24, 2.45) is 10.1 Å². The fraction of sp³-hybridized carbons (Fsp3) is 0.310. The number of ether oxygens (including phenoxy) is 2. The van der Waals surface area contributed by atoms with E-state index < -0.39 is 17.6 Å². The lowest BCUT2D eigenvalue weighted by atomic mass is 9.85. The molecule has 11 heteroatoms. The predicted octanol–water partition coefficient (Wildman–Crippen LogP) is 4.54. The first-order valence-corrected chi connectivity index (χ1v) is 13.0. The summed E-state index contributed by atoms with van der Waals surface area (Å²) in [5.41, 5.74) is 15.8. The zero-order valence-corrected chi connectivity index (χ0v) is 22.1. The highest BCUT2D eigenvalue weighted by atomic mass is 19.1. The lowest BCUT2D eigenvalue weighted by Gasteiger charge is -2.28. The smallest absolute Gasteiger partial charge is 0.266 e. The van der Waals surface area contributed by atoms with Crippen LogP contribution in [0.25, 0.3) is 10.4 Å². The van der Waals surface area contributed by atoms with Crippen molar-refractivity contribution in [3.05, 3.63) is 106 Å². The third-order valence-electron chi connectivity index (χ3n) is 6.56. The summed E-state index contributed by atoms with van der Waals surface area (Å²) in [6.07, 6.45) is 0.484. The SMILES string of the molecule is C[C@@H]1OC(c2ccc(OCCCO)cc2)=N[C@]1(Cc1ccccc1N=[N+]=[N-])C(=O)NNCCc1cccc(F)c1. The van der Waals surface area contributed by atoms with Gasteiger partial charge in [-0.2, -0.15) is 0 Å². The Balaban J connectivity index is 1.57. The van der Waals surface area contributed by atoms with Crippen LogP contribution < -0.4 is 15.6 Å². The van der Waals surface area contributed by atoms with E-state index in [1.54, 1.807) is 61.5 Å². The number of halogens is 1. The molecule has 0 aromatic heterocycles. The van der Waals surface area contributed by atoms with Crippen LogP contribution in [0.4, 0.5) is 10.1 Å². The lowest BCUT2D eigenvalue weighted by molar-refractivity contribution is -0.129. The molecule has 4 rings (SSSR count). The minimum absolute atomic E-state index is 0.0488. The summed E-state index contributed by atoms with van der Waals surface area (Å²) in [5.74, 6) is 0.195. The maximum absolute atomic E-state index is 13.7. The molecule has 0 spiro atoms. The summed E-state index contributed by atoms with van der Waals surface area (Å²) in [4.78, 5) is 21.4. The number of aliphatic hydroxyl groups is 1. The van der Waals surface area contributed by atoms with Crippen molar-refractivity contribution in [3.63, 3.8) is 0 Å². The molecule has 1 aliphatic heterocycles. The van der Waals surface area contributed by atoms with Crippen LogP contribution in [0.3, 0.4) is 0 Å². The van der Waals surface area contributed by atoms with Gasteiger partial charge in [-0.25, -0.2) is 14.8 Å². The third-order valence-corrected chi connectivity index (χ3v) is 6.56. The number of carbonyl (C=O) groups excluding carboxylic acids is 1. The maximum atomic E-state index is 13.7. The Hall–Kier alpha value is -4.44. The molecule has 3 aromatic rings. The largest absolute Gasteiger partial charge is 0.494 e. The minimum atomic E-state index is -1.38. The number of carbonyl (C=O) groups is 1. The van der Waals surface area contributed by atoms with Gasteiger partial charge in [0, 0.05) is 42.2 Å². The number of benzene rings is 3. The topological polar surface area (TPSA) is 141 Å². The lowest BCUT2D eigenvalue weighted by Crippen LogP contribution is -2.56. The number of aliphatic hydroxyl groups excluding tert-OH is 1. The number of aliphatic imine (C=N–C) groups is 1. The van der Waals surface area contributed by atoms with Gasteiger partial charge in [0.05, 0.1) is 6.61 Å². The van der Waals surface area contributed by atoms with Crippen LogP contribution in [0, 0.1) is 5.82 Å². The molecule has 0 bridgehead atoms. The second-order valence-electron chi connectivity index (χ2n) is 9.31. The van der Waals surface area contributed by atoms with Crippen LogP contribution in [0.1, 0.15) is 30.0 Å². The number of azide groups is 1. The molecule has 0 aliphatic carbocycles. The van der Waals surface area contributed by atoms with Crippen molar-refractivity contribution in [2.45, 2.75) is 37.8 Å². The van der Waals surface area contributed by atoms with Crippen LogP contribution in [0.2, 0.25) is 0 Å². The first kappa shape index (κ1) is 28.6. The van der Waals surface area contributed by atoms with E-state index in [-0.39, 0.29) is 18.8 Å². The second kappa shape index (κ2) is 13.6. The summed E-state index contributed by atoms with van der Waals surface area (Å²) in [7, 11) is 0. The number of hydrogen-bond acceptors (Lipinski definition) is 7. The van der Waals surface area contributed by atoms with Crippen molar-refractivity contribution in [2.75, 3.05) is 19.8 Å². The molecule has 10 nitrogen and oxygen atoms in total. The van der Waals surface area contributed by atoms with Crippen molar-refractivity contribution in [1.29, 1.82) is 0 Å². The van der Waals surface area contributed by atoms with E-state index in [1.807, 2.05) is 6.07 Å². The number of hydrogen-bond donors (Lipinski definition) is 3. The van der Waals surface area contributed by atoms with Gasteiger partial charge >= 0.3 is 0 Å². The first-order chi connectivity index (χ1) is 19.4. The number of rotatable bonds is 13. The van der Waals surface area contributed by atoms with E-state index in [1.165, 1.54) is 12.1 Å². The minimum Gasteiger partial charge on any atom is -0.494 e. The normalized spacial score (nSPS) is 17.9. The van der Waals surface area contributed by atoms with Gasteiger partial charge in [0.1, 0.15) is 17.7 Å². The highest BCUT2D eigenvalue weighted by Crippen LogP contribution is 2.35. The van der Waals surface area contributed by atoms with Crippen LogP contribution in [0.15, 0.2) is 82.9 Å². The van der Waals surface area contributed by atoms with Gasteiger partial charge in [-0.15, -0.1) is 0 Å². The van der Waals surface area contributed by atoms with Gasteiger partial charge < -0.3 is 14.6 Å². The molecule has 40 heavy (non-hydrogen) atoms. The van der Waals surface area contributed by atoms with Crippen LogP contribution in [-0.2, 0) is 22.4 Å². The van der Waals surface area contributed by atoms with Crippen molar-refractivity contribution >= 4 is 17.5 Å². The quantitative estimate of drug-likeness (QED) is 0.0949.